The van der Waals surface area contributed by atoms with Gasteiger partial charge in [0, 0.05) is 17.7 Å². The molecule has 1 saturated heterocycles. The molecule has 6 heteroatoms. The second-order valence-electron chi connectivity index (χ2n) is 4.98. The topological polar surface area (TPSA) is 93.4 Å². The quantitative estimate of drug-likeness (QED) is 0.699. The summed E-state index contributed by atoms with van der Waals surface area (Å²) in [6.07, 6.45) is 0. The summed E-state index contributed by atoms with van der Waals surface area (Å²) in [5.41, 5.74) is 5.66. The Labute approximate surface area is 117 Å². The van der Waals surface area contributed by atoms with Crippen LogP contribution in [0.5, 0.6) is 5.75 Å². The second kappa shape index (κ2) is 6.38. The molecule has 20 heavy (non-hydrogen) atoms. The number of anilines is 1. The summed E-state index contributed by atoms with van der Waals surface area (Å²) in [4.78, 5) is 22.7. The summed E-state index contributed by atoms with van der Waals surface area (Å²) in [6.45, 7) is 3.52. The average Bonchev–Trinajstić information content (AvgIpc) is 2.34. The standard InChI is InChI=1S/C14H19N3O3/c1-9(10-6-16-7-10)14(19)17-11-3-2-4-12(5-11)20-8-13(15)18/h2-5,9-10,16H,6-8H2,1H3,(H2,15,18)(H,17,19). The Balaban J connectivity index is 1.93. The number of nitrogens with two attached hydrogens (primary N) is 1. The average molecular weight is 277 g/mol. The highest BCUT2D eigenvalue weighted by molar-refractivity contribution is 5.92. The van der Waals surface area contributed by atoms with Gasteiger partial charge in [0.05, 0.1) is 0 Å². The Morgan fingerprint density at radius 2 is 2.25 bits per heavy atom. The van der Waals surface area contributed by atoms with Crippen molar-refractivity contribution >= 4 is 17.5 Å². The number of hydrogen-bond donors (Lipinski definition) is 3. The van der Waals surface area contributed by atoms with Gasteiger partial charge in [-0.3, -0.25) is 9.59 Å². The van der Waals surface area contributed by atoms with Crippen LogP contribution in [0.4, 0.5) is 5.69 Å². The van der Waals surface area contributed by atoms with Gasteiger partial charge >= 0.3 is 0 Å². The molecule has 108 valence electrons. The Morgan fingerprint density at radius 1 is 1.50 bits per heavy atom. The van der Waals surface area contributed by atoms with E-state index in [1.54, 1.807) is 24.3 Å². The summed E-state index contributed by atoms with van der Waals surface area (Å²) < 4.78 is 5.19. The predicted octanol–water partition coefficient (Wildman–Crippen LogP) is 0.345. The molecular weight excluding hydrogens is 258 g/mol. The second-order valence-corrected chi connectivity index (χ2v) is 4.98. The Morgan fingerprint density at radius 3 is 2.85 bits per heavy atom. The minimum absolute atomic E-state index is 0.0106. The molecule has 0 saturated carbocycles. The lowest BCUT2D eigenvalue weighted by atomic mass is 9.88. The molecule has 2 rings (SSSR count). The van der Waals surface area contributed by atoms with Crippen molar-refractivity contribution < 1.29 is 14.3 Å². The summed E-state index contributed by atoms with van der Waals surface area (Å²) in [6, 6.07) is 6.91. The molecule has 1 aromatic rings. The van der Waals surface area contributed by atoms with E-state index in [2.05, 4.69) is 10.6 Å². The lowest BCUT2D eigenvalue weighted by Crippen LogP contribution is -2.48. The van der Waals surface area contributed by atoms with E-state index >= 15 is 0 Å². The van der Waals surface area contributed by atoms with Crippen molar-refractivity contribution in [3.05, 3.63) is 24.3 Å². The van der Waals surface area contributed by atoms with E-state index in [0.29, 0.717) is 17.4 Å². The van der Waals surface area contributed by atoms with Gasteiger partial charge in [-0.15, -0.1) is 0 Å². The van der Waals surface area contributed by atoms with Gasteiger partial charge in [0.25, 0.3) is 5.91 Å². The number of amides is 2. The molecule has 0 bridgehead atoms. The number of hydrogen-bond acceptors (Lipinski definition) is 4. The Bertz CT molecular complexity index is 500. The monoisotopic (exact) mass is 277 g/mol. The van der Waals surface area contributed by atoms with Gasteiger partial charge in [0.2, 0.25) is 5.91 Å². The van der Waals surface area contributed by atoms with Crippen LogP contribution in [-0.2, 0) is 9.59 Å². The number of rotatable bonds is 6. The molecule has 1 fully saturated rings. The van der Waals surface area contributed by atoms with Crippen LogP contribution in [0.2, 0.25) is 0 Å². The normalized spacial score (nSPS) is 16.1. The van der Waals surface area contributed by atoms with Gasteiger partial charge in [0.15, 0.2) is 6.61 Å². The van der Waals surface area contributed by atoms with E-state index in [-0.39, 0.29) is 18.4 Å². The van der Waals surface area contributed by atoms with Crippen LogP contribution in [0, 0.1) is 11.8 Å². The number of carbonyl (C=O) groups excluding carboxylic acids is 2. The number of carbonyl (C=O) groups is 2. The molecule has 1 aliphatic heterocycles. The smallest absolute Gasteiger partial charge is 0.255 e. The van der Waals surface area contributed by atoms with Crippen LogP contribution in [0.25, 0.3) is 0 Å². The molecule has 0 spiro atoms. The van der Waals surface area contributed by atoms with Crippen molar-refractivity contribution in [2.24, 2.45) is 17.6 Å². The number of benzene rings is 1. The van der Waals surface area contributed by atoms with E-state index in [9.17, 15) is 9.59 Å². The third-order valence-corrected chi connectivity index (χ3v) is 3.42. The highest BCUT2D eigenvalue weighted by Gasteiger charge is 2.28. The third-order valence-electron chi connectivity index (χ3n) is 3.42. The SMILES string of the molecule is CC(C(=O)Nc1cccc(OCC(N)=O)c1)C1CNC1. The van der Waals surface area contributed by atoms with Gasteiger partial charge in [-0.25, -0.2) is 0 Å². The van der Waals surface area contributed by atoms with E-state index in [4.69, 9.17) is 10.5 Å². The molecule has 1 heterocycles. The molecule has 4 N–H and O–H groups in total. The third kappa shape index (κ3) is 3.71. The summed E-state index contributed by atoms with van der Waals surface area (Å²) in [7, 11) is 0. The number of ether oxygens (including phenoxy) is 1. The summed E-state index contributed by atoms with van der Waals surface area (Å²) in [5, 5.41) is 6.01. The fourth-order valence-corrected chi connectivity index (χ4v) is 1.95. The molecule has 0 aliphatic carbocycles. The van der Waals surface area contributed by atoms with Crippen molar-refractivity contribution in [3.63, 3.8) is 0 Å². The predicted molar refractivity (Wildman–Crippen MR) is 75.3 cm³/mol. The fourth-order valence-electron chi connectivity index (χ4n) is 1.95. The number of nitrogens with one attached hydrogen (secondary N) is 2. The van der Waals surface area contributed by atoms with Gasteiger partial charge in [0.1, 0.15) is 5.75 Å². The van der Waals surface area contributed by atoms with Crippen LogP contribution >= 0.6 is 0 Å². The Kier molecular flexibility index (Phi) is 4.57. The molecule has 6 nitrogen and oxygen atoms in total. The zero-order chi connectivity index (χ0) is 14.5. The largest absolute Gasteiger partial charge is 0.484 e. The van der Waals surface area contributed by atoms with Crippen LogP contribution in [0.3, 0.4) is 0 Å². The van der Waals surface area contributed by atoms with E-state index in [1.807, 2.05) is 6.92 Å². The fraction of sp³-hybridized carbons (Fsp3) is 0.429. The van der Waals surface area contributed by atoms with Crippen LogP contribution < -0.4 is 21.1 Å². The molecule has 0 aromatic heterocycles. The summed E-state index contributed by atoms with van der Waals surface area (Å²) in [5.74, 6) is 0.310. The van der Waals surface area contributed by atoms with Crippen molar-refractivity contribution in [1.29, 1.82) is 0 Å². The van der Waals surface area contributed by atoms with Gasteiger partial charge < -0.3 is 21.1 Å². The van der Waals surface area contributed by atoms with Crippen LogP contribution in [-0.4, -0.2) is 31.5 Å². The maximum Gasteiger partial charge on any atom is 0.255 e. The minimum Gasteiger partial charge on any atom is -0.484 e. The molecule has 0 radical (unpaired) electrons. The first-order chi connectivity index (χ1) is 9.56. The van der Waals surface area contributed by atoms with Crippen molar-refractivity contribution in [1.82, 2.24) is 5.32 Å². The molecule has 2 amide bonds. The zero-order valence-electron chi connectivity index (χ0n) is 11.4. The van der Waals surface area contributed by atoms with E-state index in [0.717, 1.165) is 13.1 Å². The number of primary amides is 1. The maximum atomic E-state index is 12.1. The van der Waals surface area contributed by atoms with Crippen LogP contribution in [0.15, 0.2) is 24.3 Å². The first-order valence-electron chi connectivity index (χ1n) is 6.59. The van der Waals surface area contributed by atoms with Crippen molar-refractivity contribution in [2.45, 2.75) is 6.92 Å². The highest BCUT2D eigenvalue weighted by atomic mass is 16.5. The molecule has 1 aliphatic rings. The molecule has 1 aromatic carbocycles. The van der Waals surface area contributed by atoms with Crippen LogP contribution in [0.1, 0.15) is 6.92 Å². The Hall–Kier alpha value is -2.08. The maximum absolute atomic E-state index is 12.1. The lowest BCUT2D eigenvalue weighted by molar-refractivity contribution is -0.121. The first kappa shape index (κ1) is 14.3. The van der Waals surface area contributed by atoms with Crippen molar-refractivity contribution in [3.8, 4) is 5.75 Å². The minimum atomic E-state index is -0.537. The highest BCUT2D eigenvalue weighted by Crippen LogP contribution is 2.21. The van der Waals surface area contributed by atoms with E-state index < -0.39 is 5.91 Å². The van der Waals surface area contributed by atoms with Crippen molar-refractivity contribution in [2.75, 3.05) is 25.0 Å². The van der Waals surface area contributed by atoms with Gasteiger partial charge in [-0.2, -0.15) is 0 Å². The van der Waals surface area contributed by atoms with Gasteiger partial charge in [-0.1, -0.05) is 13.0 Å². The van der Waals surface area contributed by atoms with E-state index in [1.165, 1.54) is 0 Å². The zero-order valence-corrected chi connectivity index (χ0v) is 11.4. The molecule has 1 atom stereocenters. The molecule has 1 unspecified atom stereocenters. The lowest BCUT2D eigenvalue weighted by Gasteiger charge is -2.31. The van der Waals surface area contributed by atoms with Gasteiger partial charge in [-0.05, 0) is 31.1 Å². The first-order valence-corrected chi connectivity index (χ1v) is 6.59. The molecular formula is C14H19N3O3. The summed E-state index contributed by atoms with van der Waals surface area (Å²) >= 11 is 0.